The van der Waals surface area contributed by atoms with Crippen molar-refractivity contribution in [2.24, 2.45) is 0 Å². The van der Waals surface area contributed by atoms with Crippen molar-refractivity contribution >= 4 is 11.8 Å². The topological polar surface area (TPSA) is 37.4 Å². The zero-order chi connectivity index (χ0) is 9.30. The van der Waals surface area contributed by atoms with E-state index in [9.17, 15) is 9.59 Å². The van der Waals surface area contributed by atoms with Crippen molar-refractivity contribution in [1.29, 1.82) is 0 Å². The Kier molecular flexibility index (Phi) is 2.01. The molecule has 0 aliphatic carbocycles. The van der Waals surface area contributed by atoms with Gasteiger partial charge in [0.1, 0.15) is 0 Å². The third-order valence-corrected chi connectivity index (χ3v) is 1.76. The Labute approximate surface area is 71.0 Å². The number of hydrogen-bond donors (Lipinski definition) is 0. The van der Waals surface area contributed by atoms with E-state index < -0.39 is 6.04 Å². The van der Waals surface area contributed by atoms with E-state index in [-0.39, 0.29) is 11.8 Å². The van der Waals surface area contributed by atoms with Crippen LogP contribution in [0.1, 0.15) is 13.8 Å². The minimum atomic E-state index is -0.460. The lowest BCUT2D eigenvalue weighted by Crippen LogP contribution is -2.37. The van der Waals surface area contributed by atoms with E-state index in [2.05, 4.69) is 5.92 Å². The van der Waals surface area contributed by atoms with Crippen LogP contribution in [0.4, 0.5) is 0 Å². The summed E-state index contributed by atoms with van der Waals surface area (Å²) in [6.45, 7) is 3.24. The molecule has 0 spiro atoms. The van der Waals surface area contributed by atoms with Crippen molar-refractivity contribution in [3.05, 3.63) is 11.6 Å². The molecule has 62 valence electrons. The third kappa shape index (κ3) is 1.12. The van der Waals surface area contributed by atoms with Crippen molar-refractivity contribution in [3.8, 4) is 12.3 Å². The summed E-state index contributed by atoms with van der Waals surface area (Å²) in [5, 5.41) is 0. The van der Waals surface area contributed by atoms with E-state index in [4.69, 9.17) is 6.42 Å². The lowest BCUT2D eigenvalue weighted by Gasteiger charge is -2.17. The van der Waals surface area contributed by atoms with Crippen LogP contribution in [-0.2, 0) is 9.59 Å². The molecule has 3 nitrogen and oxygen atoms in total. The van der Waals surface area contributed by atoms with Crippen molar-refractivity contribution in [2.75, 3.05) is 0 Å². The Morgan fingerprint density at radius 3 is 2.50 bits per heavy atom. The minimum Gasteiger partial charge on any atom is -0.269 e. The summed E-state index contributed by atoms with van der Waals surface area (Å²) >= 11 is 0. The van der Waals surface area contributed by atoms with E-state index in [1.54, 1.807) is 13.8 Å². The average molecular weight is 163 g/mol. The number of carbonyl (C=O) groups excluding carboxylic acids is 2. The summed E-state index contributed by atoms with van der Waals surface area (Å²) in [4.78, 5) is 23.5. The smallest absolute Gasteiger partial charge is 0.257 e. The normalized spacial score (nSPS) is 19.1. The zero-order valence-corrected chi connectivity index (χ0v) is 7.00. The highest BCUT2D eigenvalue weighted by Gasteiger charge is 2.31. The predicted molar refractivity (Wildman–Crippen MR) is 43.9 cm³/mol. The van der Waals surface area contributed by atoms with Crippen molar-refractivity contribution in [1.82, 2.24) is 4.90 Å². The first kappa shape index (κ1) is 8.54. The standard InChI is InChI=1S/C9H9NO2/c1-4-7(3)10-8(11)5-6(2)9(10)12/h1,5,7H,2-3H3. The van der Waals surface area contributed by atoms with Crippen LogP contribution in [0.2, 0.25) is 0 Å². The monoisotopic (exact) mass is 163 g/mol. The maximum absolute atomic E-state index is 11.3. The maximum Gasteiger partial charge on any atom is 0.257 e. The molecule has 1 rings (SSSR count). The molecule has 0 radical (unpaired) electrons. The third-order valence-electron chi connectivity index (χ3n) is 1.76. The molecule has 0 N–H and O–H groups in total. The minimum absolute atomic E-state index is 0.287. The SMILES string of the molecule is C#CC(C)N1C(=O)C=C(C)C1=O. The average Bonchev–Trinajstić information content (AvgIpc) is 2.26. The molecule has 1 atom stereocenters. The molecular weight excluding hydrogens is 154 g/mol. The zero-order valence-electron chi connectivity index (χ0n) is 7.00. The molecule has 1 unspecified atom stereocenters. The van der Waals surface area contributed by atoms with Gasteiger partial charge in [0.2, 0.25) is 0 Å². The predicted octanol–water partition coefficient (Wildman–Crippen LogP) is 0.323. The largest absolute Gasteiger partial charge is 0.269 e. The second-order valence-electron chi connectivity index (χ2n) is 2.68. The highest BCUT2D eigenvalue weighted by atomic mass is 16.2. The molecule has 12 heavy (non-hydrogen) atoms. The Balaban J connectivity index is 2.93. The fraction of sp³-hybridized carbons (Fsp3) is 0.333. The molecule has 0 aromatic carbocycles. The lowest BCUT2D eigenvalue weighted by molar-refractivity contribution is -0.138. The van der Waals surface area contributed by atoms with E-state index in [0.29, 0.717) is 5.57 Å². The van der Waals surface area contributed by atoms with Crippen LogP contribution >= 0.6 is 0 Å². The quantitative estimate of drug-likeness (QED) is 0.412. The van der Waals surface area contributed by atoms with Gasteiger partial charge < -0.3 is 0 Å². The molecule has 0 aromatic heterocycles. The molecule has 3 heteroatoms. The number of carbonyl (C=O) groups is 2. The molecular formula is C9H9NO2. The van der Waals surface area contributed by atoms with Crippen molar-refractivity contribution < 1.29 is 9.59 Å². The van der Waals surface area contributed by atoms with E-state index in [1.165, 1.54) is 6.08 Å². The molecule has 1 aliphatic rings. The van der Waals surface area contributed by atoms with Gasteiger partial charge in [0.05, 0.1) is 6.04 Å². The first-order valence-electron chi connectivity index (χ1n) is 3.60. The fourth-order valence-electron chi connectivity index (χ4n) is 1.05. The van der Waals surface area contributed by atoms with Crippen LogP contribution in [0.3, 0.4) is 0 Å². The second-order valence-corrected chi connectivity index (χ2v) is 2.68. The summed E-state index contributed by atoms with van der Waals surface area (Å²) < 4.78 is 0. The number of nitrogens with zero attached hydrogens (tertiary/aromatic N) is 1. The van der Waals surface area contributed by atoms with Gasteiger partial charge in [-0.15, -0.1) is 6.42 Å². The fourth-order valence-corrected chi connectivity index (χ4v) is 1.05. The van der Waals surface area contributed by atoms with Crippen LogP contribution in [-0.4, -0.2) is 22.8 Å². The number of hydrogen-bond acceptors (Lipinski definition) is 2. The van der Waals surface area contributed by atoms with Crippen molar-refractivity contribution in [2.45, 2.75) is 19.9 Å². The lowest BCUT2D eigenvalue weighted by atomic mass is 10.3. The summed E-state index contributed by atoms with van der Waals surface area (Å²) in [5.74, 6) is 1.74. The van der Waals surface area contributed by atoms with Gasteiger partial charge in [-0.05, 0) is 13.8 Å². The number of imide groups is 1. The van der Waals surface area contributed by atoms with E-state index in [0.717, 1.165) is 4.90 Å². The van der Waals surface area contributed by atoms with Gasteiger partial charge in [0, 0.05) is 11.6 Å². The maximum atomic E-state index is 11.3. The Morgan fingerprint density at radius 2 is 2.17 bits per heavy atom. The van der Waals surface area contributed by atoms with Gasteiger partial charge in [-0.3, -0.25) is 14.5 Å². The van der Waals surface area contributed by atoms with E-state index in [1.807, 2.05) is 0 Å². The molecule has 2 amide bonds. The van der Waals surface area contributed by atoms with Gasteiger partial charge in [-0.2, -0.15) is 0 Å². The van der Waals surface area contributed by atoms with Gasteiger partial charge >= 0.3 is 0 Å². The molecule has 0 aromatic rings. The molecule has 0 saturated heterocycles. The Hall–Kier alpha value is -1.56. The van der Waals surface area contributed by atoms with Crippen LogP contribution in [0.5, 0.6) is 0 Å². The highest BCUT2D eigenvalue weighted by molar-refractivity contribution is 6.16. The Bertz CT molecular complexity index is 309. The van der Waals surface area contributed by atoms with Gasteiger partial charge in [-0.1, -0.05) is 5.92 Å². The van der Waals surface area contributed by atoms with Crippen LogP contribution < -0.4 is 0 Å². The summed E-state index contributed by atoms with van der Waals surface area (Å²) in [6.07, 6.45) is 6.40. The first-order chi connectivity index (χ1) is 5.57. The first-order valence-corrected chi connectivity index (χ1v) is 3.60. The molecule has 0 bridgehead atoms. The van der Waals surface area contributed by atoms with Crippen LogP contribution in [0.15, 0.2) is 11.6 Å². The molecule has 1 aliphatic heterocycles. The van der Waals surface area contributed by atoms with Gasteiger partial charge in [0.25, 0.3) is 11.8 Å². The second kappa shape index (κ2) is 2.82. The molecule has 0 fully saturated rings. The highest BCUT2D eigenvalue weighted by Crippen LogP contribution is 2.14. The van der Waals surface area contributed by atoms with Gasteiger partial charge in [-0.25, -0.2) is 0 Å². The summed E-state index contributed by atoms with van der Waals surface area (Å²) in [5.41, 5.74) is 0.446. The summed E-state index contributed by atoms with van der Waals surface area (Å²) in [6, 6.07) is -0.460. The Morgan fingerprint density at radius 1 is 1.58 bits per heavy atom. The molecule has 1 heterocycles. The van der Waals surface area contributed by atoms with E-state index >= 15 is 0 Å². The number of amides is 2. The van der Waals surface area contributed by atoms with Crippen LogP contribution in [0, 0.1) is 12.3 Å². The van der Waals surface area contributed by atoms with Crippen LogP contribution in [0.25, 0.3) is 0 Å². The van der Waals surface area contributed by atoms with Gasteiger partial charge in [0.15, 0.2) is 0 Å². The van der Waals surface area contributed by atoms with Crippen molar-refractivity contribution in [3.63, 3.8) is 0 Å². The number of terminal acetylenes is 1. The summed E-state index contributed by atoms with van der Waals surface area (Å²) in [7, 11) is 0. The molecule has 0 saturated carbocycles. The number of rotatable bonds is 1.